The fourth-order valence-corrected chi connectivity index (χ4v) is 4.47. The third-order valence-electron chi connectivity index (χ3n) is 4.68. The van der Waals surface area contributed by atoms with Gasteiger partial charge in [-0.25, -0.2) is 0 Å². The van der Waals surface area contributed by atoms with Crippen molar-refractivity contribution in [2.75, 3.05) is 36.1 Å². The Bertz CT molecular complexity index is 984. The minimum absolute atomic E-state index is 0.0323. The van der Waals surface area contributed by atoms with Crippen molar-refractivity contribution < 1.29 is 14.5 Å². The fraction of sp³-hybridized carbons (Fsp3) is 0.200. The van der Waals surface area contributed by atoms with Gasteiger partial charge in [0, 0.05) is 30.9 Å². The van der Waals surface area contributed by atoms with Gasteiger partial charge in [-0.15, -0.1) is 0 Å². The van der Waals surface area contributed by atoms with Crippen LogP contribution in [-0.2, 0) is 9.53 Å². The maximum absolute atomic E-state index is 12.8. The number of non-ortho nitro benzene ring substituents is 1. The van der Waals surface area contributed by atoms with E-state index >= 15 is 0 Å². The third kappa shape index (κ3) is 4.16. The molecule has 7 nitrogen and oxygen atoms in total. The number of nitro groups is 1. The topological polar surface area (TPSA) is 75.9 Å². The SMILES string of the molecule is O=C1/C(=C\c2ccc(N3CCOCC3)cc2)SC(=S)N1c1ccc([N+](=O)[O-])cc1. The lowest BCUT2D eigenvalue weighted by molar-refractivity contribution is -0.384. The molecular formula is C20H17N3O4S2. The van der Waals surface area contributed by atoms with Gasteiger partial charge in [0.05, 0.1) is 28.7 Å². The van der Waals surface area contributed by atoms with Crippen molar-refractivity contribution in [1.29, 1.82) is 0 Å². The van der Waals surface area contributed by atoms with Gasteiger partial charge < -0.3 is 9.64 Å². The van der Waals surface area contributed by atoms with E-state index in [0.29, 0.717) is 14.9 Å². The van der Waals surface area contributed by atoms with Crippen molar-refractivity contribution in [2.24, 2.45) is 0 Å². The molecule has 0 N–H and O–H groups in total. The van der Waals surface area contributed by atoms with Crippen LogP contribution in [0.5, 0.6) is 0 Å². The maximum Gasteiger partial charge on any atom is 0.270 e. The molecule has 2 saturated heterocycles. The number of rotatable bonds is 4. The van der Waals surface area contributed by atoms with Crippen LogP contribution in [0.1, 0.15) is 5.56 Å². The van der Waals surface area contributed by atoms with Gasteiger partial charge in [-0.2, -0.15) is 0 Å². The number of morpholine rings is 1. The van der Waals surface area contributed by atoms with Gasteiger partial charge in [0.1, 0.15) is 0 Å². The summed E-state index contributed by atoms with van der Waals surface area (Å²) in [6.45, 7) is 3.19. The smallest absolute Gasteiger partial charge is 0.270 e. The monoisotopic (exact) mass is 427 g/mol. The summed E-state index contributed by atoms with van der Waals surface area (Å²) in [6, 6.07) is 13.8. The molecule has 29 heavy (non-hydrogen) atoms. The molecule has 2 aliphatic heterocycles. The minimum Gasteiger partial charge on any atom is -0.378 e. The van der Waals surface area contributed by atoms with Crippen molar-refractivity contribution in [3.63, 3.8) is 0 Å². The van der Waals surface area contributed by atoms with E-state index in [1.54, 1.807) is 0 Å². The normalized spacial score (nSPS) is 18.6. The zero-order valence-corrected chi connectivity index (χ0v) is 16.9. The quantitative estimate of drug-likeness (QED) is 0.318. The highest BCUT2D eigenvalue weighted by Crippen LogP contribution is 2.36. The van der Waals surface area contributed by atoms with E-state index in [2.05, 4.69) is 4.90 Å². The largest absolute Gasteiger partial charge is 0.378 e. The summed E-state index contributed by atoms with van der Waals surface area (Å²) in [5.41, 5.74) is 2.52. The van der Waals surface area contributed by atoms with E-state index in [4.69, 9.17) is 17.0 Å². The Morgan fingerprint density at radius 2 is 1.66 bits per heavy atom. The first-order chi connectivity index (χ1) is 14.0. The van der Waals surface area contributed by atoms with Crippen molar-refractivity contribution >= 4 is 57.3 Å². The summed E-state index contributed by atoms with van der Waals surface area (Å²) in [7, 11) is 0. The van der Waals surface area contributed by atoms with Gasteiger partial charge >= 0.3 is 0 Å². The van der Waals surface area contributed by atoms with E-state index in [0.717, 1.165) is 37.6 Å². The zero-order chi connectivity index (χ0) is 20.4. The van der Waals surface area contributed by atoms with Crippen LogP contribution in [-0.4, -0.2) is 41.5 Å². The van der Waals surface area contributed by atoms with Crippen LogP contribution in [0.4, 0.5) is 17.1 Å². The van der Waals surface area contributed by atoms with E-state index in [9.17, 15) is 14.9 Å². The first kappa shape index (κ1) is 19.6. The number of nitrogens with zero attached hydrogens (tertiary/aromatic N) is 3. The van der Waals surface area contributed by atoms with Crippen LogP contribution >= 0.6 is 24.0 Å². The highest BCUT2D eigenvalue weighted by molar-refractivity contribution is 8.27. The predicted octanol–water partition coefficient (Wildman–Crippen LogP) is 3.84. The number of benzene rings is 2. The van der Waals surface area contributed by atoms with Crippen LogP contribution in [0.25, 0.3) is 6.08 Å². The lowest BCUT2D eigenvalue weighted by Gasteiger charge is -2.28. The highest BCUT2D eigenvalue weighted by Gasteiger charge is 2.33. The highest BCUT2D eigenvalue weighted by atomic mass is 32.2. The summed E-state index contributed by atoms with van der Waals surface area (Å²) >= 11 is 6.58. The number of ether oxygens (including phenoxy) is 1. The molecule has 148 valence electrons. The van der Waals surface area contributed by atoms with E-state index in [1.807, 2.05) is 30.3 Å². The summed E-state index contributed by atoms with van der Waals surface area (Å²) in [4.78, 5) is 27.4. The molecule has 0 bridgehead atoms. The van der Waals surface area contributed by atoms with E-state index in [-0.39, 0.29) is 11.6 Å². The number of nitro benzene ring substituents is 1. The third-order valence-corrected chi connectivity index (χ3v) is 5.98. The molecule has 9 heteroatoms. The van der Waals surface area contributed by atoms with Gasteiger partial charge in [0.25, 0.3) is 11.6 Å². The maximum atomic E-state index is 12.8. The second-order valence-corrected chi connectivity index (χ2v) is 8.16. The number of hydrogen-bond acceptors (Lipinski definition) is 7. The Morgan fingerprint density at radius 1 is 1.03 bits per heavy atom. The molecule has 0 radical (unpaired) electrons. The Balaban J connectivity index is 1.52. The van der Waals surface area contributed by atoms with Gasteiger partial charge in [0.15, 0.2) is 4.32 Å². The number of hydrogen-bond donors (Lipinski definition) is 0. The second kappa shape index (κ2) is 8.32. The van der Waals surface area contributed by atoms with Gasteiger partial charge in [-0.1, -0.05) is 36.1 Å². The Kier molecular flexibility index (Phi) is 5.61. The summed E-state index contributed by atoms with van der Waals surface area (Å²) < 4.78 is 5.78. The lowest BCUT2D eigenvalue weighted by atomic mass is 10.1. The molecule has 0 aromatic heterocycles. The minimum atomic E-state index is -0.478. The molecule has 1 amide bonds. The molecule has 2 heterocycles. The van der Waals surface area contributed by atoms with Crippen molar-refractivity contribution in [3.05, 3.63) is 69.1 Å². The molecule has 0 unspecified atom stereocenters. The van der Waals surface area contributed by atoms with Gasteiger partial charge in [0.2, 0.25) is 0 Å². The van der Waals surface area contributed by atoms with Gasteiger partial charge in [-0.3, -0.25) is 19.8 Å². The van der Waals surface area contributed by atoms with E-state index < -0.39 is 4.92 Å². The molecular weight excluding hydrogens is 410 g/mol. The van der Waals surface area contributed by atoms with Crippen LogP contribution in [0, 0.1) is 10.1 Å². The molecule has 2 fully saturated rings. The molecule has 2 aromatic carbocycles. The lowest BCUT2D eigenvalue weighted by Crippen LogP contribution is -2.36. The number of carbonyl (C=O) groups is 1. The molecule has 2 aliphatic rings. The van der Waals surface area contributed by atoms with Crippen molar-refractivity contribution in [1.82, 2.24) is 0 Å². The van der Waals surface area contributed by atoms with E-state index in [1.165, 1.54) is 40.9 Å². The number of thiocarbonyl (C=S) groups is 1. The Hall–Kier alpha value is -2.75. The molecule has 2 aromatic rings. The average molecular weight is 428 g/mol. The predicted molar refractivity (Wildman–Crippen MR) is 118 cm³/mol. The van der Waals surface area contributed by atoms with Crippen LogP contribution in [0.15, 0.2) is 53.4 Å². The van der Waals surface area contributed by atoms with Gasteiger partial charge in [-0.05, 0) is 35.9 Å². The standard InChI is InChI=1S/C20H17N3O4S2/c24-19-18(13-14-1-3-15(4-2-14)21-9-11-27-12-10-21)29-20(28)22(19)16-5-7-17(8-6-16)23(25)26/h1-8,13H,9-12H2/b18-13+. The van der Waals surface area contributed by atoms with Crippen LogP contribution in [0.3, 0.4) is 0 Å². The first-order valence-corrected chi connectivity index (χ1v) is 10.2. The number of thioether (sulfide) groups is 1. The van der Waals surface area contributed by atoms with Crippen molar-refractivity contribution in [2.45, 2.75) is 0 Å². The number of amides is 1. The van der Waals surface area contributed by atoms with Crippen LogP contribution < -0.4 is 9.80 Å². The molecule has 0 spiro atoms. The Labute approximate surface area is 177 Å². The molecule has 4 rings (SSSR count). The van der Waals surface area contributed by atoms with Crippen molar-refractivity contribution in [3.8, 4) is 0 Å². The summed E-state index contributed by atoms with van der Waals surface area (Å²) in [6.07, 6.45) is 1.81. The second-order valence-electron chi connectivity index (χ2n) is 6.48. The Morgan fingerprint density at radius 3 is 2.28 bits per heavy atom. The number of anilines is 2. The molecule has 0 aliphatic carbocycles. The number of carbonyl (C=O) groups excluding carboxylic acids is 1. The zero-order valence-electron chi connectivity index (χ0n) is 15.3. The molecule has 0 saturated carbocycles. The summed E-state index contributed by atoms with van der Waals surface area (Å²) in [5.74, 6) is -0.230. The molecule has 0 atom stereocenters. The summed E-state index contributed by atoms with van der Waals surface area (Å²) in [5, 5.41) is 10.8. The average Bonchev–Trinajstić information content (AvgIpc) is 3.02. The first-order valence-electron chi connectivity index (χ1n) is 8.98. The fourth-order valence-electron chi connectivity index (χ4n) is 3.17. The van der Waals surface area contributed by atoms with Crippen LogP contribution in [0.2, 0.25) is 0 Å².